The van der Waals surface area contributed by atoms with E-state index in [4.69, 9.17) is 0 Å². The van der Waals surface area contributed by atoms with E-state index in [0.717, 1.165) is 72.5 Å². The second-order valence-corrected chi connectivity index (χ2v) is 9.66. The van der Waals surface area contributed by atoms with Crippen LogP contribution in [0.4, 0.5) is 10.1 Å². The van der Waals surface area contributed by atoms with E-state index in [1.165, 1.54) is 17.7 Å². The zero-order chi connectivity index (χ0) is 26.9. The molecule has 0 aliphatic carbocycles. The van der Waals surface area contributed by atoms with Crippen LogP contribution in [0.2, 0.25) is 0 Å². The summed E-state index contributed by atoms with van der Waals surface area (Å²) in [5.74, 6) is -0.0949. The van der Waals surface area contributed by atoms with Gasteiger partial charge in [0, 0.05) is 61.6 Å². The van der Waals surface area contributed by atoms with E-state index in [2.05, 4.69) is 28.2 Å². The molecule has 0 spiro atoms. The van der Waals surface area contributed by atoms with Gasteiger partial charge in [-0.15, -0.1) is 0 Å². The van der Waals surface area contributed by atoms with Gasteiger partial charge in [0.15, 0.2) is 0 Å². The van der Waals surface area contributed by atoms with Crippen LogP contribution in [-0.2, 0) is 4.79 Å². The van der Waals surface area contributed by atoms with Gasteiger partial charge in [0.25, 0.3) is 0 Å². The number of carbonyl (C=O) groups is 2. The first-order valence-corrected chi connectivity index (χ1v) is 12.6. The molecule has 0 atom stereocenters. The van der Waals surface area contributed by atoms with Crippen molar-refractivity contribution in [3.05, 3.63) is 87.8 Å². The number of aryl methyl sites for hydroxylation is 2. The van der Waals surface area contributed by atoms with Crippen LogP contribution in [0.1, 0.15) is 58.4 Å². The molecular formula is C30H37FN4O2. The van der Waals surface area contributed by atoms with Crippen molar-refractivity contribution in [2.75, 3.05) is 38.6 Å². The molecule has 1 aromatic heterocycles. The van der Waals surface area contributed by atoms with Gasteiger partial charge in [-0.1, -0.05) is 11.6 Å². The number of hydrogen-bond donors (Lipinski definition) is 1. The Bertz CT molecular complexity index is 1190. The second kappa shape index (κ2) is 13.1. The summed E-state index contributed by atoms with van der Waals surface area (Å²) in [5, 5.41) is 2.99. The minimum absolute atomic E-state index is 0.171. The molecule has 3 rings (SSSR count). The van der Waals surface area contributed by atoms with Gasteiger partial charge in [0.1, 0.15) is 18.4 Å². The number of pyridine rings is 1. The maximum absolute atomic E-state index is 14.7. The van der Waals surface area contributed by atoms with Crippen LogP contribution in [-0.4, -0.2) is 56.2 Å². The highest BCUT2D eigenvalue weighted by Crippen LogP contribution is 2.33. The molecule has 2 aromatic rings. The lowest BCUT2D eigenvalue weighted by Gasteiger charge is -2.33. The Morgan fingerprint density at radius 3 is 2.59 bits per heavy atom. The molecule has 1 saturated heterocycles. The van der Waals surface area contributed by atoms with Gasteiger partial charge < -0.3 is 10.2 Å². The van der Waals surface area contributed by atoms with Gasteiger partial charge in [-0.05, 0) is 88.0 Å². The number of likely N-dealkylation sites (N-methyl/N-ethyl adjacent to an activating group) is 1. The van der Waals surface area contributed by atoms with E-state index >= 15 is 0 Å². The van der Waals surface area contributed by atoms with E-state index in [1.807, 2.05) is 44.1 Å². The van der Waals surface area contributed by atoms with E-state index in [1.54, 1.807) is 19.3 Å². The van der Waals surface area contributed by atoms with Crippen LogP contribution in [0.3, 0.4) is 0 Å². The number of piperidine rings is 1. The fraction of sp³-hybridized carbons (Fsp3) is 0.367. The number of carbonyl (C=O) groups excluding carboxylic acids is 2. The number of aromatic nitrogens is 1. The molecule has 1 N–H and O–H groups in total. The Kier molecular flexibility index (Phi) is 9.92. The lowest BCUT2D eigenvalue weighted by molar-refractivity contribution is -0.104. The molecule has 196 valence electrons. The van der Waals surface area contributed by atoms with Gasteiger partial charge in [-0.25, -0.2) is 4.39 Å². The maximum atomic E-state index is 14.7. The molecule has 2 heterocycles. The number of hydrogen-bond acceptors (Lipinski definition) is 6. The Morgan fingerprint density at radius 1 is 1.24 bits per heavy atom. The predicted octanol–water partition coefficient (Wildman–Crippen LogP) is 5.19. The zero-order valence-electron chi connectivity index (χ0n) is 22.4. The van der Waals surface area contributed by atoms with Gasteiger partial charge in [-0.2, -0.15) is 0 Å². The molecular weight excluding hydrogens is 467 g/mol. The summed E-state index contributed by atoms with van der Waals surface area (Å²) in [6, 6.07) is 5.12. The zero-order valence-corrected chi connectivity index (χ0v) is 22.4. The molecule has 0 radical (unpaired) electrons. The minimum Gasteiger partial charge on any atom is -0.388 e. The molecule has 1 aliphatic rings. The van der Waals surface area contributed by atoms with Crippen LogP contribution < -0.4 is 10.2 Å². The van der Waals surface area contributed by atoms with Crippen LogP contribution in [0, 0.1) is 19.7 Å². The number of rotatable bonds is 10. The summed E-state index contributed by atoms with van der Waals surface area (Å²) >= 11 is 0. The van der Waals surface area contributed by atoms with Crippen LogP contribution in [0.25, 0.3) is 6.08 Å². The lowest BCUT2D eigenvalue weighted by Crippen LogP contribution is -2.34. The molecule has 7 heteroatoms. The van der Waals surface area contributed by atoms with E-state index in [9.17, 15) is 14.0 Å². The number of likely N-dealkylation sites (tertiary alicyclic amines) is 1. The molecule has 1 aliphatic heterocycles. The first kappa shape index (κ1) is 28.0. The number of aldehydes is 2. The third-order valence-corrected chi connectivity index (χ3v) is 6.91. The number of halogens is 1. The number of allylic oxidation sites excluding steroid dienone is 2. The molecule has 0 amide bonds. The molecule has 1 fully saturated rings. The second-order valence-electron chi connectivity index (χ2n) is 9.66. The highest BCUT2D eigenvalue weighted by Gasteiger charge is 2.25. The fourth-order valence-electron chi connectivity index (χ4n) is 5.01. The van der Waals surface area contributed by atoms with Crippen molar-refractivity contribution >= 4 is 24.3 Å². The number of nitrogens with one attached hydrogen (secondary N) is 1. The van der Waals surface area contributed by atoms with Crippen LogP contribution >= 0.6 is 0 Å². The summed E-state index contributed by atoms with van der Waals surface area (Å²) in [6.45, 7) is 8.64. The quantitative estimate of drug-likeness (QED) is 0.273. The molecule has 1 aromatic carbocycles. The topological polar surface area (TPSA) is 65.5 Å². The molecule has 0 unspecified atom stereocenters. The van der Waals surface area contributed by atoms with Crippen LogP contribution in [0.15, 0.2) is 54.0 Å². The standard InChI is InChI=1S/C30H37FN4O2/c1-21(16-27-23(3)33-11-6-29(27)34(5)12-9-26(32-4)10-15-36)19-35-13-7-25(8-14-35)30-22(2)17-24(20-37)18-28(30)31/h6,9-12,15-18,20,25,32H,7-8,13-14,19H2,1-5H3/b12-9-,21-16+,26-10+. The number of benzene rings is 1. The highest BCUT2D eigenvalue weighted by atomic mass is 19.1. The highest BCUT2D eigenvalue weighted by molar-refractivity contribution is 5.75. The molecule has 37 heavy (non-hydrogen) atoms. The summed E-state index contributed by atoms with van der Waals surface area (Å²) in [4.78, 5) is 30.8. The Balaban J connectivity index is 1.70. The first-order chi connectivity index (χ1) is 17.8. The van der Waals surface area contributed by atoms with Gasteiger partial charge in [0.05, 0.1) is 5.69 Å². The molecule has 6 nitrogen and oxygen atoms in total. The molecule has 0 saturated carbocycles. The Morgan fingerprint density at radius 2 is 1.97 bits per heavy atom. The first-order valence-electron chi connectivity index (χ1n) is 12.6. The average Bonchev–Trinajstić information content (AvgIpc) is 2.88. The van der Waals surface area contributed by atoms with Crippen molar-refractivity contribution in [1.29, 1.82) is 0 Å². The van der Waals surface area contributed by atoms with Crippen molar-refractivity contribution < 1.29 is 14.0 Å². The fourth-order valence-corrected chi connectivity index (χ4v) is 5.01. The van der Waals surface area contributed by atoms with Crippen LogP contribution in [0.5, 0.6) is 0 Å². The lowest BCUT2D eigenvalue weighted by atomic mass is 9.85. The largest absolute Gasteiger partial charge is 0.388 e. The van der Waals surface area contributed by atoms with Gasteiger partial charge >= 0.3 is 0 Å². The van der Waals surface area contributed by atoms with E-state index < -0.39 is 0 Å². The predicted molar refractivity (Wildman–Crippen MR) is 148 cm³/mol. The third-order valence-electron chi connectivity index (χ3n) is 6.91. The Hall–Kier alpha value is -3.58. The van der Waals surface area contributed by atoms with Crippen molar-refractivity contribution in [2.24, 2.45) is 0 Å². The SMILES string of the molecule is CNC(/C=C\N(C)c1ccnc(C)c1/C=C(\C)CN1CCC(c2c(C)cc(C=O)cc2F)CC1)=C/C=O. The van der Waals surface area contributed by atoms with E-state index in [-0.39, 0.29) is 11.7 Å². The van der Waals surface area contributed by atoms with Crippen molar-refractivity contribution in [2.45, 2.75) is 39.5 Å². The van der Waals surface area contributed by atoms with Crippen molar-refractivity contribution in [3.8, 4) is 0 Å². The molecule has 0 bridgehead atoms. The average molecular weight is 505 g/mol. The number of nitrogens with zero attached hydrogens (tertiary/aromatic N) is 3. The monoisotopic (exact) mass is 504 g/mol. The third kappa shape index (κ3) is 7.23. The summed E-state index contributed by atoms with van der Waals surface area (Å²) in [5.41, 5.74) is 6.97. The minimum atomic E-state index is -0.266. The van der Waals surface area contributed by atoms with Crippen molar-refractivity contribution in [1.82, 2.24) is 15.2 Å². The van der Waals surface area contributed by atoms with Crippen molar-refractivity contribution in [3.63, 3.8) is 0 Å². The van der Waals surface area contributed by atoms with Gasteiger partial charge in [-0.3, -0.25) is 19.5 Å². The summed E-state index contributed by atoms with van der Waals surface area (Å²) < 4.78 is 14.7. The normalized spacial score (nSPS) is 15.7. The maximum Gasteiger partial charge on any atom is 0.150 e. The number of anilines is 1. The van der Waals surface area contributed by atoms with E-state index in [0.29, 0.717) is 11.8 Å². The summed E-state index contributed by atoms with van der Waals surface area (Å²) in [7, 11) is 3.75. The Labute approximate surface area is 219 Å². The summed E-state index contributed by atoms with van der Waals surface area (Å²) in [6.07, 6.45) is 12.5. The smallest absolute Gasteiger partial charge is 0.150 e. The van der Waals surface area contributed by atoms with Gasteiger partial charge in [0.2, 0.25) is 0 Å².